The minimum absolute atomic E-state index is 0.227. The van der Waals surface area contributed by atoms with E-state index in [1.807, 2.05) is 0 Å². The van der Waals surface area contributed by atoms with Gasteiger partial charge in [-0.05, 0) is 58.3 Å². The molecule has 3 rings (SSSR count). The second-order valence-corrected chi connectivity index (χ2v) is 9.21. The number of rotatable bonds is 10. The van der Waals surface area contributed by atoms with Gasteiger partial charge in [0.1, 0.15) is 0 Å². The van der Waals surface area contributed by atoms with Crippen molar-refractivity contribution in [3.63, 3.8) is 0 Å². The Morgan fingerprint density at radius 1 is 1.39 bits per heavy atom. The van der Waals surface area contributed by atoms with E-state index >= 15 is 0 Å². The number of carbonyl (C=O) groups excluding carboxylic acids is 1. The summed E-state index contributed by atoms with van der Waals surface area (Å²) in [6.45, 7) is 10.5. The molecule has 0 radical (unpaired) electrons. The summed E-state index contributed by atoms with van der Waals surface area (Å²) in [5, 5.41) is 17.3. The predicted molar refractivity (Wildman–Crippen MR) is 110 cm³/mol. The molecule has 0 aliphatic carbocycles. The molecule has 2 aliphatic rings. The average molecular weight is 389 g/mol. The lowest BCUT2D eigenvalue weighted by Crippen LogP contribution is -2.49. The number of fused-ring (bicyclic) bond motifs is 2. The third kappa shape index (κ3) is 4.62. The second-order valence-electron chi connectivity index (χ2n) is 9.21. The number of allylic oxidation sites excluding steroid dienone is 1. The first-order chi connectivity index (χ1) is 13.4. The number of nitrogens with zero attached hydrogens (tertiary/aromatic N) is 4. The number of carbonyl (C=O) groups is 1. The van der Waals surface area contributed by atoms with Crippen LogP contribution in [0, 0.1) is 11.3 Å². The minimum Gasteiger partial charge on any atom is -0.356 e. The van der Waals surface area contributed by atoms with E-state index < -0.39 is 0 Å². The van der Waals surface area contributed by atoms with Crippen molar-refractivity contribution in [3.8, 4) is 0 Å². The monoisotopic (exact) mass is 388 g/mol. The first-order valence-corrected chi connectivity index (χ1v) is 10.8. The molecule has 0 spiro atoms. The Morgan fingerprint density at radius 3 is 2.89 bits per heavy atom. The molecule has 0 saturated carbocycles. The van der Waals surface area contributed by atoms with Gasteiger partial charge < -0.3 is 5.32 Å². The molecule has 28 heavy (non-hydrogen) atoms. The van der Waals surface area contributed by atoms with E-state index in [0.29, 0.717) is 30.4 Å². The molecule has 156 valence electrons. The van der Waals surface area contributed by atoms with E-state index in [-0.39, 0.29) is 11.3 Å². The van der Waals surface area contributed by atoms with Crippen LogP contribution < -0.4 is 5.32 Å². The molecule has 0 aromatic carbocycles. The number of nitrogens with one attached hydrogen (secondary N) is 2. The minimum atomic E-state index is -0.227. The van der Waals surface area contributed by atoms with Gasteiger partial charge in [0.15, 0.2) is 5.82 Å². The van der Waals surface area contributed by atoms with Gasteiger partial charge in [0.05, 0.1) is 5.41 Å². The van der Waals surface area contributed by atoms with Gasteiger partial charge >= 0.3 is 0 Å². The molecule has 2 fully saturated rings. The number of hydrogen-bond donors (Lipinski definition) is 2. The summed E-state index contributed by atoms with van der Waals surface area (Å²) in [7, 11) is 0. The Hall–Kier alpha value is -1.76. The number of H-pyrrole nitrogens is 1. The number of aryl methyl sites for hydroxylation is 1. The number of aromatic nitrogens is 4. The molecular formula is C21H36N6O. The molecule has 7 heteroatoms. The molecule has 2 saturated heterocycles. The number of amides is 1. The Morgan fingerprint density at radius 2 is 2.21 bits per heavy atom. The van der Waals surface area contributed by atoms with Crippen LogP contribution in [0.1, 0.15) is 72.0 Å². The summed E-state index contributed by atoms with van der Waals surface area (Å²) in [6, 6.07) is 0.932. The molecule has 1 aromatic rings. The Labute approximate surface area is 168 Å². The Bertz CT molecular complexity index is 666. The third-order valence-electron chi connectivity index (χ3n) is 6.46. The summed E-state index contributed by atoms with van der Waals surface area (Å²) in [5.41, 5.74) is 1.12. The van der Waals surface area contributed by atoms with Gasteiger partial charge in [-0.15, -0.1) is 10.2 Å². The van der Waals surface area contributed by atoms with Crippen molar-refractivity contribution in [1.29, 1.82) is 0 Å². The summed E-state index contributed by atoms with van der Waals surface area (Å²) in [5.74, 6) is 1.58. The van der Waals surface area contributed by atoms with Crippen molar-refractivity contribution < 1.29 is 4.79 Å². The van der Waals surface area contributed by atoms with Crippen LogP contribution in [0.5, 0.6) is 0 Å². The molecule has 2 N–H and O–H groups in total. The van der Waals surface area contributed by atoms with E-state index in [9.17, 15) is 4.79 Å². The molecular weight excluding hydrogens is 352 g/mol. The van der Waals surface area contributed by atoms with E-state index in [2.05, 4.69) is 64.6 Å². The smallest absolute Gasteiger partial charge is 0.227 e. The van der Waals surface area contributed by atoms with Gasteiger partial charge in [-0.2, -0.15) is 5.21 Å². The van der Waals surface area contributed by atoms with Gasteiger partial charge in [-0.1, -0.05) is 30.7 Å². The lowest BCUT2D eigenvalue weighted by Gasteiger charge is -2.37. The zero-order chi connectivity index (χ0) is 20.1. The highest BCUT2D eigenvalue weighted by atomic mass is 16.2. The maximum Gasteiger partial charge on any atom is 0.227 e. The molecule has 3 atom stereocenters. The van der Waals surface area contributed by atoms with Crippen molar-refractivity contribution >= 4 is 5.91 Å². The molecule has 3 heterocycles. The van der Waals surface area contributed by atoms with E-state index in [0.717, 1.165) is 45.1 Å². The van der Waals surface area contributed by atoms with Gasteiger partial charge in [-0.25, -0.2) is 0 Å². The van der Waals surface area contributed by atoms with Crippen LogP contribution in [-0.2, 0) is 11.2 Å². The fourth-order valence-corrected chi connectivity index (χ4v) is 4.96. The number of hydrogen-bond acceptors (Lipinski definition) is 5. The fraction of sp³-hybridized carbons (Fsp3) is 0.810. The van der Waals surface area contributed by atoms with Gasteiger partial charge in [0.25, 0.3) is 0 Å². The SMILES string of the molecule is CC(C)=CCN1[C@@H]2CC[C@H]1[C@@](CCC(C)C)(C(=O)NCCCc1nn[nH]n1)C2. The maximum absolute atomic E-state index is 13.4. The highest BCUT2D eigenvalue weighted by Gasteiger charge is 2.58. The van der Waals surface area contributed by atoms with Gasteiger partial charge in [0.2, 0.25) is 5.91 Å². The third-order valence-corrected chi connectivity index (χ3v) is 6.46. The lowest BCUT2D eigenvalue weighted by atomic mass is 9.69. The summed E-state index contributed by atoms with van der Waals surface area (Å²) in [6.07, 6.45) is 9.37. The maximum atomic E-state index is 13.4. The van der Waals surface area contributed by atoms with Gasteiger partial charge in [0, 0.05) is 31.6 Å². The highest BCUT2D eigenvalue weighted by molar-refractivity contribution is 5.84. The van der Waals surface area contributed by atoms with Crippen LogP contribution in [0.15, 0.2) is 11.6 Å². The molecule has 2 bridgehead atoms. The van der Waals surface area contributed by atoms with Crippen LogP contribution in [0.3, 0.4) is 0 Å². The molecule has 7 nitrogen and oxygen atoms in total. The van der Waals surface area contributed by atoms with Crippen LogP contribution >= 0.6 is 0 Å². The average Bonchev–Trinajstić information content (AvgIpc) is 3.37. The second kappa shape index (κ2) is 9.16. The summed E-state index contributed by atoms with van der Waals surface area (Å²) < 4.78 is 0. The summed E-state index contributed by atoms with van der Waals surface area (Å²) in [4.78, 5) is 16.0. The van der Waals surface area contributed by atoms with Crippen LogP contribution in [0.2, 0.25) is 0 Å². The van der Waals surface area contributed by atoms with E-state index in [1.165, 1.54) is 12.0 Å². The first-order valence-electron chi connectivity index (χ1n) is 10.8. The predicted octanol–water partition coefficient (Wildman–Crippen LogP) is 2.87. The quantitative estimate of drug-likeness (QED) is 0.475. The van der Waals surface area contributed by atoms with Gasteiger partial charge in [-0.3, -0.25) is 9.69 Å². The van der Waals surface area contributed by atoms with Crippen LogP contribution in [0.4, 0.5) is 0 Å². The Kier molecular flexibility index (Phi) is 6.86. The molecule has 1 aromatic heterocycles. The highest BCUT2D eigenvalue weighted by Crippen LogP contribution is 2.52. The summed E-state index contributed by atoms with van der Waals surface area (Å²) >= 11 is 0. The van der Waals surface area contributed by atoms with Crippen molar-refractivity contribution in [1.82, 2.24) is 30.8 Å². The number of tetrazole rings is 1. The van der Waals surface area contributed by atoms with Crippen molar-refractivity contribution in [2.45, 2.75) is 84.7 Å². The largest absolute Gasteiger partial charge is 0.356 e. The fourth-order valence-electron chi connectivity index (χ4n) is 4.96. The standard InChI is InChI=1S/C21H36N6O/c1-15(2)9-11-21(20(28)22-12-5-6-19-23-25-26-24-19)14-17-7-8-18(21)27(17)13-10-16(3)4/h10,15,17-18H,5-9,11-14H2,1-4H3,(H,22,28)(H,23,24,25,26)/t17-,18+,21+/m1/s1. The molecule has 1 amide bonds. The van der Waals surface area contributed by atoms with Crippen molar-refractivity contribution in [3.05, 3.63) is 17.5 Å². The van der Waals surface area contributed by atoms with Crippen LogP contribution in [0.25, 0.3) is 0 Å². The molecule has 2 aliphatic heterocycles. The zero-order valence-electron chi connectivity index (χ0n) is 17.9. The zero-order valence-corrected chi connectivity index (χ0v) is 17.9. The lowest BCUT2D eigenvalue weighted by molar-refractivity contribution is -0.133. The van der Waals surface area contributed by atoms with E-state index in [1.54, 1.807) is 0 Å². The van der Waals surface area contributed by atoms with Crippen LogP contribution in [-0.4, -0.2) is 56.6 Å². The topological polar surface area (TPSA) is 86.8 Å². The first kappa shape index (κ1) is 21.0. The Balaban J connectivity index is 1.64. The van der Waals surface area contributed by atoms with Crippen molar-refractivity contribution in [2.75, 3.05) is 13.1 Å². The number of aromatic amines is 1. The van der Waals surface area contributed by atoms with Crippen molar-refractivity contribution in [2.24, 2.45) is 11.3 Å². The van der Waals surface area contributed by atoms with E-state index in [4.69, 9.17) is 0 Å². The normalized spacial score (nSPS) is 26.8. The molecule has 0 unspecified atom stereocenters.